The van der Waals surface area contributed by atoms with Gasteiger partial charge in [0.2, 0.25) is 5.91 Å². The van der Waals surface area contributed by atoms with Crippen LogP contribution in [0.25, 0.3) is 0 Å². The van der Waals surface area contributed by atoms with Gasteiger partial charge in [0.1, 0.15) is 30.3 Å². The number of carbonyl (C=O) groups excluding carboxylic acids is 1. The van der Waals surface area contributed by atoms with Crippen molar-refractivity contribution < 1.29 is 24.1 Å². The maximum absolute atomic E-state index is 11.5. The first-order valence-corrected chi connectivity index (χ1v) is 14.3. The lowest BCUT2D eigenvalue weighted by molar-refractivity contribution is -0.121. The zero-order valence-corrected chi connectivity index (χ0v) is 24.5. The summed E-state index contributed by atoms with van der Waals surface area (Å²) in [6.07, 6.45) is 2.02. The number of rotatable bonds is 12. The first-order chi connectivity index (χ1) is 19.6. The molecular formula is C30H38ClN5O5. The van der Waals surface area contributed by atoms with Gasteiger partial charge in [-0.15, -0.1) is 0 Å². The lowest BCUT2D eigenvalue weighted by Gasteiger charge is -2.29. The lowest BCUT2D eigenvalue weighted by atomic mass is 9.94. The van der Waals surface area contributed by atoms with Gasteiger partial charge in [-0.25, -0.2) is 5.43 Å². The third-order valence-corrected chi connectivity index (χ3v) is 7.27. The summed E-state index contributed by atoms with van der Waals surface area (Å²) in [6, 6.07) is 13.1. The fraction of sp³-hybridized carbons (Fsp3) is 0.500. The predicted molar refractivity (Wildman–Crippen MR) is 157 cm³/mol. The molecule has 41 heavy (non-hydrogen) atoms. The Bertz CT molecular complexity index is 1270. The molecule has 2 heterocycles. The molecule has 1 amide bonds. The summed E-state index contributed by atoms with van der Waals surface area (Å²) in [6.45, 7) is 7.57. The molecular weight excluding hydrogens is 546 g/mol. The number of carbonyl (C=O) groups is 1. The Balaban J connectivity index is 1.23. The number of amides is 1. The normalized spacial score (nSPS) is 19.9. The molecule has 2 aromatic rings. The number of β-amino-alcohol motifs (C(OH)–C–C–N with tert-alkyl or cyclic N) is 1. The van der Waals surface area contributed by atoms with E-state index in [-0.39, 0.29) is 48.1 Å². The third-order valence-electron chi connectivity index (χ3n) is 6.97. The number of hydrogen-bond acceptors (Lipinski definition) is 9. The van der Waals surface area contributed by atoms with Gasteiger partial charge in [0.25, 0.3) is 0 Å². The second kappa shape index (κ2) is 14.0. The van der Waals surface area contributed by atoms with Crippen LogP contribution in [0.3, 0.4) is 0 Å². The average Bonchev–Trinajstić information content (AvgIpc) is 2.96. The van der Waals surface area contributed by atoms with Crippen molar-refractivity contribution in [2.24, 2.45) is 11.0 Å². The fourth-order valence-corrected chi connectivity index (χ4v) is 4.76. The molecule has 0 aliphatic carbocycles. The van der Waals surface area contributed by atoms with Gasteiger partial charge < -0.3 is 30.0 Å². The summed E-state index contributed by atoms with van der Waals surface area (Å²) < 4.78 is 17.2. The summed E-state index contributed by atoms with van der Waals surface area (Å²) in [5.74, 6) is 0.666. The number of hydrogen-bond donors (Lipinski definition) is 4. The largest absolute Gasteiger partial charge is 0.489 e. The number of ether oxygens (including phenoxy) is 3. The van der Waals surface area contributed by atoms with Crippen LogP contribution in [0, 0.1) is 17.2 Å². The molecule has 0 radical (unpaired) electrons. The van der Waals surface area contributed by atoms with E-state index in [1.165, 1.54) is 6.07 Å². The lowest BCUT2D eigenvalue weighted by Crippen LogP contribution is -2.49. The van der Waals surface area contributed by atoms with Crippen LogP contribution in [0.5, 0.6) is 11.5 Å². The number of nitrogens with one attached hydrogen (secondary N) is 3. The van der Waals surface area contributed by atoms with Gasteiger partial charge in [-0.1, -0.05) is 30.7 Å². The zero-order chi connectivity index (χ0) is 29.4. The molecule has 0 aromatic heterocycles. The molecule has 0 saturated carbocycles. The zero-order valence-electron chi connectivity index (χ0n) is 23.7. The van der Waals surface area contributed by atoms with Crippen LogP contribution in [0.4, 0.5) is 5.69 Å². The first kappa shape index (κ1) is 30.6. The number of benzene rings is 2. The molecule has 220 valence electrons. The highest BCUT2D eigenvalue weighted by Crippen LogP contribution is 2.34. The molecule has 4 rings (SSSR count). The Morgan fingerprint density at radius 1 is 1.27 bits per heavy atom. The van der Waals surface area contributed by atoms with Crippen LogP contribution in [0.2, 0.25) is 5.02 Å². The number of halogens is 1. The van der Waals surface area contributed by atoms with Gasteiger partial charge in [-0.2, -0.15) is 10.4 Å². The van der Waals surface area contributed by atoms with E-state index in [4.69, 9.17) is 25.8 Å². The van der Waals surface area contributed by atoms with Crippen molar-refractivity contribution in [3.05, 3.63) is 52.5 Å². The first-order valence-electron chi connectivity index (χ1n) is 13.9. The van der Waals surface area contributed by atoms with Crippen LogP contribution in [0.15, 0.2) is 41.5 Å². The van der Waals surface area contributed by atoms with Crippen LogP contribution in [0.1, 0.15) is 57.6 Å². The van der Waals surface area contributed by atoms with E-state index in [1.54, 1.807) is 6.07 Å². The molecule has 3 atom stereocenters. The molecule has 1 fully saturated rings. The minimum Gasteiger partial charge on any atom is -0.489 e. The molecule has 11 heteroatoms. The van der Waals surface area contributed by atoms with Crippen molar-refractivity contribution in [3.63, 3.8) is 0 Å². The van der Waals surface area contributed by atoms with Crippen molar-refractivity contribution in [3.8, 4) is 17.6 Å². The number of aliphatic hydroxyl groups is 1. The molecule has 0 bridgehead atoms. The predicted octanol–water partition coefficient (Wildman–Crippen LogP) is 4.20. The van der Waals surface area contributed by atoms with Crippen LogP contribution in [-0.4, -0.2) is 61.0 Å². The molecule has 2 aliphatic rings. The summed E-state index contributed by atoms with van der Waals surface area (Å²) in [5, 5.41) is 31.5. The minimum absolute atomic E-state index is 0.0162. The molecule has 0 spiro atoms. The van der Waals surface area contributed by atoms with E-state index in [0.717, 1.165) is 36.2 Å². The quantitative estimate of drug-likeness (QED) is 0.292. The van der Waals surface area contributed by atoms with Crippen LogP contribution < -0.4 is 25.5 Å². The summed E-state index contributed by atoms with van der Waals surface area (Å²) >= 11 is 6.39. The molecule has 2 aliphatic heterocycles. The van der Waals surface area contributed by atoms with Gasteiger partial charge >= 0.3 is 0 Å². The Labute approximate surface area is 246 Å². The maximum Gasteiger partial charge on any atom is 0.240 e. The van der Waals surface area contributed by atoms with Crippen molar-refractivity contribution in [1.82, 2.24) is 10.7 Å². The van der Waals surface area contributed by atoms with Crippen molar-refractivity contribution >= 4 is 28.9 Å². The number of nitrogens with zero attached hydrogens (tertiary/aromatic N) is 2. The summed E-state index contributed by atoms with van der Waals surface area (Å²) in [4.78, 5) is 11.5. The second-order valence-electron chi connectivity index (χ2n) is 11.1. The Kier molecular flexibility index (Phi) is 10.5. The van der Waals surface area contributed by atoms with E-state index in [9.17, 15) is 15.2 Å². The SMILES string of the molecule is CC1CC(=O)NN=C1c1ccc(NCC(C)(C)NCC(O)COc2cc(Cl)c(OC3CCCCO3)cc2C#N)cc1. The summed E-state index contributed by atoms with van der Waals surface area (Å²) in [7, 11) is 0. The van der Waals surface area contributed by atoms with E-state index >= 15 is 0 Å². The maximum atomic E-state index is 11.5. The van der Waals surface area contributed by atoms with Crippen LogP contribution in [-0.2, 0) is 9.53 Å². The van der Waals surface area contributed by atoms with Gasteiger partial charge in [-0.3, -0.25) is 4.79 Å². The topological polar surface area (TPSA) is 137 Å². The second-order valence-corrected chi connectivity index (χ2v) is 11.5. The summed E-state index contributed by atoms with van der Waals surface area (Å²) in [5.41, 5.74) is 5.28. The van der Waals surface area contributed by atoms with Crippen molar-refractivity contribution in [1.29, 1.82) is 5.26 Å². The fourth-order valence-electron chi connectivity index (χ4n) is 4.56. The minimum atomic E-state index is -0.816. The monoisotopic (exact) mass is 583 g/mol. The highest BCUT2D eigenvalue weighted by Gasteiger charge is 2.23. The number of anilines is 1. The van der Waals surface area contributed by atoms with Crippen molar-refractivity contribution in [2.45, 2.75) is 64.4 Å². The molecule has 4 N–H and O–H groups in total. The third kappa shape index (κ3) is 8.81. The van der Waals surface area contributed by atoms with E-state index in [2.05, 4.69) is 27.2 Å². The van der Waals surface area contributed by atoms with Crippen LogP contribution >= 0.6 is 11.6 Å². The standard InChI is InChI=1S/C30H38ClN5O5/c1-19-12-27(38)35-36-29(19)20-7-9-22(10-8-20)33-18-30(2,3)34-16-23(37)17-40-25-14-24(31)26(13-21(25)15-32)41-28-6-4-5-11-39-28/h7-10,13-14,19,23,28,33-34,37H,4-6,11-12,16-18H2,1-3H3,(H,35,38). The molecule has 3 unspecified atom stereocenters. The molecule has 2 aromatic carbocycles. The highest BCUT2D eigenvalue weighted by molar-refractivity contribution is 6.32. The Hall–Kier alpha value is -3.36. The van der Waals surface area contributed by atoms with Crippen molar-refractivity contribution in [2.75, 3.05) is 31.6 Å². The number of hydrazone groups is 1. The number of nitriles is 1. The number of aliphatic hydroxyl groups excluding tert-OH is 1. The Morgan fingerprint density at radius 3 is 2.73 bits per heavy atom. The van der Waals surface area contributed by atoms with E-state index in [0.29, 0.717) is 30.3 Å². The van der Waals surface area contributed by atoms with Gasteiger partial charge in [0, 0.05) is 55.2 Å². The Morgan fingerprint density at radius 2 is 2.05 bits per heavy atom. The highest BCUT2D eigenvalue weighted by atomic mass is 35.5. The van der Waals surface area contributed by atoms with E-state index < -0.39 is 6.10 Å². The van der Waals surface area contributed by atoms with Gasteiger partial charge in [0.15, 0.2) is 6.29 Å². The molecule has 1 saturated heterocycles. The molecule has 10 nitrogen and oxygen atoms in total. The van der Waals surface area contributed by atoms with Gasteiger partial charge in [-0.05, 0) is 44.4 Å². The van der Waals surface area contributed by atoms with Gasteiger partial charge in [0.05, 0.1) is 22.9 Å². The van der Waals surface area contributed by atoms with E-state index in [1.807, 2.05) is 45.0 Å². The average molecular weight is 584 g/mol. The smallest absolute Gasteiger partial charge is 0.240 e.